The van der Waals surface area contributed by atoms with Gasteiger partial charge in [0, 0.05) is 18.5 Å². The second kappa shape index (κ2) is 1.50. The van der Waals surface area contributed by atoms with E-state index in [1.165, 1.54) is 12.8 Å². The Kier molecular flexibility index (Phi) is 0.945. The number of β-amino-alcohol motifs (C(OH)–C–C–N with tert-alkyl or cyclic N) is 1. The van der Waals surface area contributed by atoms with Gasteiger partial charge in [-0.15, -0.1) is 0 Å². The number of aliphatic hydroxyl groups is 1. The third-order valence-corrected chi connectivity index (χ3v) is 2.67. The van der Waals surface area contributed by atoms with Gasteiger partial charge in [-0.2, -0.15) is 0 Å². The maximum absolute atomic E-state index is 9.45. The largest absolute Gasteiger partial charge is 0.391 e. The number of rotatable bonds is 0. The minimum absolute atomic E-state index is 0.0255. The van der Waals surface area contributed by atoms with E-state index < -0.39 is 0 Å². The summed E-state index contributed by atoms with van der Waals surface area (Å²) in [5.74, 6) is 0. The molecule has 0 aromatic heterocycles. The fourth-order valence-corrected chi connectivity index (χ4v) is 1.85. The summed E-state index contributed by atoms with van der Waals surface area (Å²) in [7, 11) is 2.08. The van der Waals surface area contributed by atoms with Crippen LogP contribution in [0.25, 0.3) is 0 Å². The molecule has 0 aromatic rings. The highest BCUT2D eigenvalue weighted by Gasteiger charge is 2.53. The number of hydrogen-bond donors (Lipinski definition) is 1. The minimum Gasteiger partial charge on any atom is -0.391 e. The Morgan fingerprint density at radius 1 is 1.56 bits per heavy atom. The number of likely N-dealkylation sites (N-methyl/N-ethyl adjacent to an activating group) is 1. The van der Waals surface area contributed by atoms with Crippen LogP contribution >= 0.6 is 0 Å². The maximum Gasteiger partial charge on any atom is 0.0735 e. The molecule has 2 fully saturated rings. The van der Waals surface area contributed by atoms with Crippen LogP contribution in [0.3, 0.4) is 0 Å². The average molecular weight is 127 g/mol. The van der Waals surface area contributed by atoms with Gasteiger partial charge in [0.15, 0.2) is 0 Å². The van der Waals surface area contributed by atoms with Crippen LogP contribution < -0.4 is 0 Å². The summed E-state index contributed by atoms with van der Waals surface area (Å²) >= 11 is 0. The van der Waals surface area contributed by atoms with E-state index in [9.17, 15) is 5.11 Å². The van der Waals surface area contributed by atoms with E-state index in [0.29, 0.717) is 5.41 Å². The van der Waals surface area contributed by atoms with Gasteiger partial charge in [0.25, 0.3) is 0 Å². The molecule has 2 nitrogen and oxygen atoms in total. The second-order valence-corrected chi connectivity index (χ2v) is 3.57. The second-order valence-electron chi connectivity index (χ2n) is 3.57. The third kappa shape index (κ3) is 0.700. The molecule has 1 atom stereocenters. The van der Waals surface area contributed by atoms with E-state index in [-0.39, 0.29) is 6.10 Å². The molecular formula is C7H13NO. The van der Waals surface area contributed by atoms with Gasteiger partial charge in [0.05, 0.1) is 6.10 Å². The molecule has 52 valence electrons. The van der Waals surface area contributed by atoms with Crippen molar-refractivity contribution >= 4 is 0 Å². The van der Waals surface area contributed by atoms with Crippen LogP contribution in [-0.2, 0) is 0 Å². The molecule has 1 saturated heterocycles. The van der Waals surface area contributed by atoms with Crippen LogP contribution in [0.5, 0.6) is 0 Å². The van der Waals surface area contributed by atoms with Crippen LogP contribution in [0.15, 0.2) is 0 Å². The Hall–Kier alpha value is -0.0800. The quantitative estimate of drug-likeness (QED) is 0.498. The van der Waals surface area contributed by atoms with Crippen molar-refractivity contribution < 1.29 is 5.11 Å². The van der Waals surface area contributed by atoms with Crippen molar-refractivity contribution in [3.63, 3.8) is 0 Å². The van der Waals surface area contributed by atoms with Crippen LogP contribution in [0.1, 0.15) is 12.8 Å². The van der Waals surface area contributed by atoms with E-state index in [0.717, 1.165) is 13.1 Å². The highest BCUT2D eigenvalue weighted by atomic mass is 16.3. The molecule has 9 heavy (non-hydrogen) atoms. The molecule has 0 amide bonds. The molecule has 1 aliphatic heterocycles. The van der Waals surface area contributed by atoms with Crippen molar-refractivity contribution in [1.29, 1.82) is 0 Å². The highest BCUT2D eigenvalue weighted by Crippen LogP contribution is 2.52. The zero-order chi connectivity index (χ0) is 6.48. The van der Waals surface area contributed by atoms with Gasteiger partial charge >= 0.3 is 0 Å². The summed E-state index contributed by atoms with van der Waals surface area (Å²) in [4.78, 5) is 2.22. The Bertz CT molecular complexity index is 131. The van der Waals surface area contributed by atoms with Crippen molar-refractivity contribution in [2.75, 3.05) is 20.1 Å². The molecule has 1 aliphatic carbocycles. The van der Waals surface area contributed by atoms with Crippen molar-refractivity contribution in [3.05, 3.63) is 0 Å². The molecule has 0 unspecified atom stereocenters. The number of hydrogen-bond acceptors (Lipinski definition) is 2. The lowest BCUT2D eigenvalue weighted by Gasteiger charge is -2.07. The highest BCUT2D eigenvalue weighted by molar-refractivity contribution is 5.05. The van der Waals surface area contributed by atoms with E-state index in [1.807, 2.05) is 0 Å². The average Bonchev–Trinajstić information content (AvgIpc) is 2.42. The Morgan fingerprint density at radius 2 is 2.22 bits per heavy atom. The predicted octanol–water partition coefficient (Wildman–Crippen LogP) is 0.0729. The summed E-state index contributed by atoms with van der Waals surface area (Å²) < 4.78 is 0. The van der Waals surface area contributed by atoms with Crippen LogP contribution in [0.4, 0.5) is 0 Å². The zero-order valence-electron chi connectivity index (χ0n) is 5.80. The smallest absolute Gasteiger partial charge is 0.0735 e. The lowest BCUT2D eigenvalue weighted by Crippen LogP contribution is -2.18. The van der Waals surface area contributed by atoms with Crippen molar-refractivity contribution in [2.45, 2.75) is 18.9 Å². The maximum atomic E-state index is 9.45. The number of nitrogens with zero attached hydrogens (tertiary/aromatic N) is 1. The first-order valence-corrected chi connectivity index (χ1v) is 3.60. The molecule has 1 spiro atoms. The first-order valence-electron chi connectivity index (χ1n) is 3.60. The number of likely N-dealkylation sites (tertiary alicyclic amines) is 1. The lowest BCUT2D eigenvalue weighted by atomic mass is 10.0. The fraction of sp³-hybridized carbons (Fsp3) is 1.00. The molecule has 0 radical (unpaired) electrons. The van der Waals surface area contributed by atoms with Gasteiger partial charge in [0.1, 0.15) is 0 Å². The minimum atomic E-state index is -0.0255. The SMILES string of the molecule is CN1C[C@H](O)C2(CC2)C1. The Morgan fingerprint density at radius 3 is 2.44 bits per heavy atom. The molecule has 1 N–H and O–H groups in total. The van der Waals surface area contributed by atoms with Gasteiger partial charge in [0.2, 0.25) is 0 Å². The molecule has 2 rings (SSSR count). The van der Waals surface area contributed by atoms with Crippen molar-refractivity contribution in [1.82, 2.24) is 4.90 Å². The third-order valence-electron chi connectivity index (χ3n) is 2.67. The van der Waals surface area contributed by atoms with Gasteiger partial charge in [-0.1, -0.05) is 0 Å². The summed E-state index contributed by atoms with van der Waals surface area (Å²) in [5.41, 5.74) is 0.356. The predicted molar refractivity (Wildman–Crippen MR) is 35.2 cm³/mol. The van der Waals surface area contributed by atoms with Crippen LogP contribution in [0, 0.1) is 5.41 Å². The Labute approximate surface area is 55.5 Å². The fourth-order valence-electron chi connectivity index (χ4n) is 1.85. The summed E-state index contributed by atoms with van der Waals surface area (Å²) in [6.45, 7) is 2.01. The standard InChI is InChI=1S/C7H13NO/c1-8-4-6(9)7(5-8)2-3-7/h6,9H,2-5H2,1H3/t6-/m0/s1. The summed E-state index contributed by atoms with van der Waals surface area (Å²) in [6, 6.07) is 0. The van der Waals surface area contributed by atoms with Crippen molar-refractivity contribution in [2.24, 2.45) is 5.41 Å². The molecule has 0 aromatic carbocycles. The zero-order valence-corrected chi connectivity index (χ0v) is 5.80. The molecular weight excluding hydrogens is 114 g/mol. The van der Waals surface area contributed by atoms with Gasteiger partial charge in [-0.3, -0.25) is 0 Å². The van der Waals surface area contributed by atoms with Gasteiger partial charge in [-0.05, 0) is 19.9 Å². The summed E-state index contributed by atoms with van der Waals surface area (Å²) in [5, 5.41) is 9.45. The van der Waals surface area contributed by atoms with E-state index in [1.54, 1.807) is 0 Å². The Balaban J connectivity index is 2.10. The first-order chi connectivity index (χ1) is 4.23. The normalized spacial score (nSPS) is 40.0. The van der Waals surface area contributed by atoms with Crippen LogP contribution in [-0.4, -0.2) is 36.2 Å². The van der Waals surface area contributed by atoms with E-state index >= 15 is 0 Å². The number of aliphatic hydroxyl groups excluding tert-OH is 1. The molecule has 1 heterocycles. The van der Waals surface area contributed by atoms with Gasteiger partial charge in [-0.25, -0.2) is 0 Å². The molecule has 1 saturated carbocycles. The van der Waals surface area contributed by atoms with Crippen molar-refractivity contribution in [3.8, 4) is 0 Å². The lowest BCUT2D eigenvalue weighted by molar-refractivity contribution is 0.132. The van der Waals surface area contributed by atoms with Gasteiger partial charge < -0.3 is 10.0 Å². The monoisotopic (exact) mass is 127 g/mol. The van der Waals surface area contributed by atoms with Crippen LogP contribution in [0.2, 0.25) is 0 Å². The summed E-state index contributed by atoms with van der Waals surface area (Å²) in [6.07, 6.45) is 2.47. The molecule has 2 heteroatoms. The molecule has 2 aliphatic rings. The molecule has 0 bridgehead atoms. The van der Waals surface area contributed by atoms with E-state index in [4.69, 9.17) is 0 Å². The van der Waals surface area contributed by atoms with E-state index in [2.05, 4.69) is 11.9 Å². The topological polar surface area (TPSA) is 23.5 Å². The first kappa shape index (κ1) is 5.69.